The third kappa shape index (κ3) is 17.4. The van der Waals surface area contributed by atoms with Gasteiger partial charge in [-0.25, -0.2) is 18.7 Å². The monoisotopic (exact) mass is 770 g/mol. The van der Waals surface area contributed by atoms with Gasteiger partial charge in [-0.05, 0) is 65.9 Å². The van der Waals surface area contributed by atoms with Crippen LogP contribution in [-0.4, -0.2) is 104 Å². The van der Waals surface area contributed by atoms with Crippen LogP contribution in [0, 0.1) is 21.0 Å². The molecule has 0 bridgehead atoms. The first-order valence-corrected chi connectivity index (χ1v) is 15.8. The number of halogens is 4. The van der Waals surface area contributed by atoms with Crippen molar-refractivity contribution in [3.8, 4) is 0 Å². The molecule has 0 saturated carbocycles. The van der Waals surface area contributed by atoms with Crippen molar-refractivity contribution in [1.29, 1.82) is 0 Å². The van der Waals surface area contributed by atoms with Crippen LogP contribution >= 0.6 is 22.6 Å². The van der Waals surface area contributed by atoms with Gasteiger partial charge in [-0.3, -0.25) is 14.4 Å². The van der Waals surface area contributed by atoms with E-state index in [-0.39, 0.29) is 23.8 Å². The molecule has 12 nitrogen and oxygen atoms in total. The van der Waals surface area contributed by atoms with Crippen molar-refractivity contribution in [1.82, 2.24) is 16.1 Å². The third-order valence-electron chi connectivity index (χ3n) is 5.83. The van der Waals surface area contributed by atoms with E-state index in [1.165, 1.54) is 19.1 Å². The molecule has 0 spiro atoms. The van der Waals surface area contributed by atoms with E-state index in [2.05, 4.69) is 21.4 Å². The summed E-state index contributed by atoms with van der Waals surface area (Å²) in [7, 11) is 0. The number of carbonyl (C=O) groups excluding carboxylic acids is 2. The summed E-state index contributed by atoms with van der Waals surface area (Å²) in [6.07, 6.45) is 0.554. The smallest absolute Gasteiger partial charge is 0.277 e. The summed E-state index contributed by atoms with van der Waals surface area (Å²) in [5.74, 6) is -4.08. The van der Waals surface area contributed by atoms with Crippen LogP contribution in [0.4, 0.5) is 24.5 Å². The molecule has 0 fully saturated rings. The van der Waals surface area contributed by atoms with Crippen LogP contribution in [0.1, 0.15) is 23.7 Å². The van der Waals surface area contributed by atoms with E-state index < -0.39 is 29.0 Å². The number of anilines is 2. The summed E-state index contributed by atoms with van der Waals surface area (Å²) in [4.78, 5) is 28.4. The second-order valence-corrected chi connectivity index (χ2v) is 10.7. The van der Waals surface area contributed by atoms with Crippen LogP contribution in [0.5, 0.6) is 0 Å². The predicted octanol–water partition coefficient (Wildman–Crippen LogP) is 3.31. The Morgan fingerprint density at radius 3 is 1.89 bits per heavy atom. The maximum atomic E-state index is 14.5. The average molecular weight is 771 g/mol. The Kier molecular flexibility index (Phi) is 21.2. The number of hydrogen-bond acceptors (Lipinski definition) is 10. The van der Waals surface area contributed by atoms with Crippen LogP contribution < -0.4 is 21.4 Å². The van der Waals surface area contributed by atoms with Crippen LogP contribution in [0.2, 0.25) is 0 Å². The minimum absolute atomic E-state index is 0.0819. The van der Waals surface area contributed by atoms with Crippen LogP contribution in [0.3, 0.4) is 0 Å². The Balaban J connectivity index is 1.42. The quantitative estimate of drug-likeness (QED) is 0.0641. The lowest BCUT2D eigenvalue weighted by Crippen LogP contribution is -2.27. The van der Waals surface area contributed by atoms with E-state index in [1.54, 1.807) is 6.07 Å². The molecule has 0 unspecified atom stereocenters. The molecule has 0 radical (unpaired) electrons. The summed E-state index contributed by atoms with van der Waals surface area (Å²) < 4.78 is 70.3. The fourth-order valence-electron chi connectivity index (χ4n) is 3.58. The Hall–Kier alpha value is -2.58. The van der Waals surface area contributed by atoms with Gasteiger partial charge in [0.2, 0.25) is 5.91 Å². The van der Waals surface area contributed by atoms with Gasteiger partial charge in [-0.15, -0.1) is 0 Å². The molecule has 2 rings (SSSR count). The first-order chi connectivity index (χ1) is 22.3. The van der Waals surface area contributed by atoms with E-state index in [0.717, 1.165) is 12.1 Å². The Morgan fingerprint density at radius 1 is 0.717 bits per heavy atom. The fraction of sp³-hybridized carbons (Fsp3) is 0.533. The number of carbonyl (C=O) groups is 2. The van der Waals surface area contributed by atoms with Crippen LogP contribution in [0.15, 0.2) is 30.3 Å². The van der Waals surface area contributed by atoms with E-state index in [0.29, 0.717) is 95.7 Å². The molecule has 258 valence electrons. The minimum atomic E-state index is -1.31. The van der Waals surface area contributed by atoms with Gasteiger partial charge in [0, 0.05) is 23.6 Å². The third-order valence-corrected chi connectivity index (χ3v) is 6.50. The van der Waals surface area contributed by atoms with Crippen LogP contribution in [-0.2, 0) is 33.3 Å². The highest BCUT2D eigenvalue weighted by Crippen LogP contribution is 2.28. The lowest BCUT2D eigenvalue weighted by Gasteiger charge is -2.14. The molecule has 16 heteroatoms. The summed E-state index contributed by atoms with van der Waals surface area (Å²) in [6, 6.07) is 6.06. The molecule has 0 aliphatic carbocycles. The normalized spacial score (nSPS) is 11.1. The molecule has 2 aromatic rings. The maximum absolute atomic E-state index is 14.5. The van der Waals surface area contributed by atoms with Crippen molar-refractivity contribution in [3.63, 3.8) is 0 Å². The van der Waals surface area contributed by atoms with Crippen molar-refractivity contribution < 1.29 is 51.3 Å². The van der Waals surface area contributed by atoms with Crippen molar-refractivity contribution in [2.45, 2.75) is 13.3 Å². The molecule has 0 saturated heterocycles. The molecule has 0 aliphatic heterocycles. The Labute approximate surface area is 280 Å². The number of ether oxygens (including phenoxy) is 5. The number of hydrogen-bond donors (Lipinski definition) is 4. The van der Waals surface area contributed by atoms with Gasteiger partial charge in [-0.2, -0.15) is 0 Å². The highest BCUT2D eigenvalue weighted by molar-refractivity contribution is 14.1. The first-order valence-electron chi connectivity index (χ1n) is 14.8. The summed E-state index contributed by atoms with van der Waals surface area (Å²) >= 11 is 1.92. The maximum Gasteiger partial charge on any atom is 0.277 e. The molecule has 4 N–H and O–H groups in total. The minimum Gasteiger partial charge on any atom is -0.378 e. The standard InChI is InChI=1S/C30H42F3IN4O8/c1-22(39)36-9-12-42-14-16-44-18-20-45-19-17-43-15-13-41-11-8-35-7-2-10-46-38-30(40)24-4-5-25(31)28(33)29(24)37-27-6-3-23(34)21-26(27)32/h3-6,21,35,37H,2,7-20H2,1H3,(H,36,39)(H,38,40). The SMILES string of the molecule is CC(=O)NCCOCCOCCOCCOCCOCCNCCCONC(=O)c1ccc(F)c(F)c1Nc1ccc(I)cc1F. The lowest BCUT2D eigenvalue weighted by molar-refractivity contribution is -0.119. The molecule has 0 atom stereocenters. The number of hydroxylamine groups is 1. The van der Waals surface area contributed by atoms with Gasteiger partial charge in [-0.1, -0.05) is 0 Å². The van der Waals surface area contributed by atoms with Crippen molar-refractivity contribution >= 4 is 45.8 Å². The predicted molar refractivity (Wildman–Crippen MR) is 172 cm³/mol. The van der Waals surface area contributed by atoms with Crippen molar-refractivity contribution in [3.05, 3.63) is 56.9 Å². The summed E-state index contributed by atoms with van der Waals surface area (Å²) in [5.41, 5.74) is 1.35. The topological polar surface area (TPSA) is 138 Å². The van der Waals surface area contributed by atoms with E-state index >= 15 is 0 Å². The van der Waals surface area contributed by atoms with Gasteiger partial charge in [0.25, 0.3) is 5.91 Å². The molecule has 0 aliphatic rings. The molecular weight excluding hydrogens is 728 g/mol. The molecule has 0 heterocycles. The zero-order valence-corrected chi connectivity index (χ0v) is 27.9. The Bertz CT molecular complexity index is 1190. The Morgan fingerprint density at radius 2 is 1.30 bits per heavy atom. The number of benzene rings is 2. The molecule has 46 heavy (non-hydrogen) atoms. The number of nitrogens with one attached hydrogen (secondary N) is 4. The second-order valence-electron chi connectivity index (χ2n) is 9.46. The zero-order chi connectivity index (χ0) is 33.4. The van der Waals surface area contributed by atoms with Gasteiger partial charge in [0.05, 0.1) is 89.6 Å². The summed E-state index contributed by atoms with van der Waals surface area (Å²) in [6.45, 7) is 7.84. The van der Waals surface area contributed by atoms with E-state index in [9.17, 15) is 22.8 Å². The van der Waals surface area contributed by atoms with Crippen molar-refractivity contribution in [2.24, 2.45) is 0 Å². The zero-order valence-electron chi connectivity index (χ0n) is 25.8. The average Bonchev–Trinajstić information content (AvgIpc) is 3.02. The highest BCUT2D eigenvalue weighted by Gasteiger charge is 2.20. The van der Waals surface area contributed by atoms with Gasteiger partial charge in [0.1, 0.15) is 5.82 Å². The highest BCUT2D eigenvalue weighted by atomic mass is 127. The fourth-order valence-corrected chi connectivity index (χ4v) is 4.03. The number of amides is 2. The molecule has 0 aromatic heterocycles. The van der Waals surface area contributed by atoms with Gasteiger partial charge in [0.15, 0.2) is 11.6 Å². The lowest BCUT2D eigenvalue weighted by atomic mass is 10.1. The van der Waals surface area contributed by atoms with Gasteiger partial charge >= 0.3 is 0 Å². The first kappa shape index (κ1) is 39.6. The largest absolute Gasteiger partial charge is 0.378 e. The number of rotatable bonds is 26. The summed E-state index contributed by atoms with van der Waals surface area (Å²) in [5, 5.41) is 8.28. The van der Waals surface area contributed by atoms with Gasteiger partial charge < -0.3 is 39.6 Å². The molecular formula is C30H42F3IN4O8. The van der Waals surface area contributed by atoms with Crippen LogP contribution in [0.25, 0.3) is 0 Å². The van der Waals surface area contributed by atoms with Crippen molar-refractivity contribution in [2.75, 3.05) is 97.6 Å². The molecule has 2 aromatic carbocycles. The van der Waals surface area contributed by atoms with E-state index in [1.807, 2.05) is 22.6 Å². The second kappa shape index (κ2) is 24.6. The molecule has 2 amide bonds. The van der Waals surface area contributed by atoms with E-state index in [4.69, 9.17) is 28.5 Å².